The van der Waals surface area contributed by atoms with E-state index < -0.39 is 6.03 Å². The fourth-order valence-corrected chi connectivity index (χ4v) is 2.21. The smallest absolute Gasteiger partial charge is 0.320 e. The fraction of sp³-hybridized carbons (Fsp3) is 0.125. The average molecular weight is 324 g/mol. The molecule has 0 spiro atoms. The first-order valence-electron chi connectivity index (χ1n) is 7.29. The lowest BCUT2D eigenvalue weighted by molar-refractivity contribution is 0.251. The van der Waals surface area contributed by atoms with Crippen LogP contribution in [0.1, 0.15) is 5.56 Å². The number of aryl methyl sites for hydroxylation is 1. The van der Waals surface area contributed by atoms with Gasteiger partial charge in [-0.25, -0.2) is 14.5 Å². The maximum Gasteiger partial charge on any atom is 0.320 e. The summed E-state index contributed by atoms with van der Waals surface area (Å²) in [6.45, 7) is 0.287. The van der Waals surface area contributed by atoms with E-state index in [1.165, 1.54) is 17.0 Å². The molecule has 3 aromatic rings. The number of benzene rings is 1. The Morgan fingerprint density at radius 2 is 2.00 bits per heavy atom. The van der Waals surface area contributed by atoms with Crippen LogP contribution in [0.15, 0.2) is 59.9 Å². The molecule has 3 rings (SSSR count). The van der Waals surface area contributed by atoms with E-state index in [2.05, 4.69) is 20.7 Å². The molecule has 2 heterocycles. The molecule has 8 heteroatoms. The van der Waals surface area contributed by atoms with Crippen molar-refractivity contribution in [2.45, 2.75) is 6.54 Å². The Morgan fingerprint density at radius 1 is 1.17 bits per heavy atom. The van der Waals surface area contributed by atoms with Crippen molar-refractivity contribution in [1.29, 1.82) is 0 Å². The van der Waals surface area contributed by atoms with Crippen LogP contribution in [0.25, 0.3) is 5.69 Å². The van der Waals surface area contributed by atoms with Gasteiger partial charge in [-0.15, -0.1) is 0 Å². The molecule has 1 aromatic carbocycles. The quantitative estimate of drug-likeness (QED) is 0.756. The zero-order valence-corrected chi connectivity index (χ0v) is 13.0. The standard InChI is InChI=1S/C16H16N6O2/c1-21-10-8-17-14(15(21)23)20-16(24)18-11-12-5-2-3-6-13(12)22-9-4-7-19-22/h2-10H,11H2,1H3,(H2,17,18,20,24). The van der Waals surface area contributed by atoms with Crippen LogP contribution in [0, 0.1) is 0 Å². The van der Waals surface area contributed by atoms with Gasteiger partial charge in [0.1, 0.15) is 0 Å². The second-order valence-electron chi connectivity index (χ2n) is 5.08. The van der Waals surface area contributed by atoms with Crippen molar-refractivity contribution in [3.8, 4) is 5.69 Å². The Hall–Kier alpha value is -3.42. The third kappa shape index (κ3) is 3.32. The van der Waals surface area contributed by atoms with Gasteiger partial charge in [-0.2, -0.15) is 5.10 Å². The van der Waals surface area contributed by atoms with Crippen LogP contribution in [0.5, 0.6) is 0 Å². The lowest BCUT2D eigenvalue weighted by Crippen LogP contribution is -2.32. The zero-order chi connectivity index (χ0) is 16.9. The topological polar surface area (TPSA) is 93.8 Å². The maximum absolute atomic E-state index is 12.0. The van der Waals surface area contributed by atoms with E-state index >= 15 is 0 Å². The molecule has 0 fully saturated rings. The van der Waals surface area contributed by atoms with Crippen LogP contribution in [0.3, 0.4) is 0 Å². The molecule has 0 radical (unpaired) electrons. The minimum Gasteiger partial charge on any atom is -0.334 e. The number of urea groups is 1. The van der Waals surface area contributed by atoms with Gasteiger partial charge in [0.15, 0.2) is 0 Å². The van der Waals surface area contributed by atoms with Crippen LogP contribution in [0.2, 0.25) is 0 Å². The first kappa shape index (κ1) is 15.5. The molecule has 122 valence electrons. The fourth-order valence-electron chi connectivity index (χ4n) is 2.21. The molecule has 0 atom stereocenters. The number of hydrogen-bond donors (Lipinski definition) is 2. The summed E-state index contributed by atoms with van der Waals surface area (Å²) in [6.07, 6.45) is 6.49. The molecule has 2 aromatic heterocycles. The average Bonchev–Trinajstić information content (AvgIpc) is 3.12. The van der Waals surface area contributed by atoms with Crippen LogP contribution < -0.4 is 16.2 Å². The monoisotopic (exact) mass is 324 g/mol. The third-order valence-corrected chi connectivity index (χ3v) is 3.43. The summed E-state index contributed by atoms with van der Waals surface area (Å²) in [5.41, 5.74) is 1.39. The van der Waals surface area contributed by atoms with Crippen molar-refractivity contribution >= 4 is 11.8 Å². The first-order chi connectivity index (χ1) is 11.6. The van der Waals surface area contributed by atoms with Gasteiger partial charge in [0, 0.05) is 38.4 Å². The summed E-state index contributed by atoms with van der Waals surface area (Å²) in [5.74, 6) is -0.0159. The van der Waals surface area contributed by atoms with Crippen LogP contribution in [-0.4, -0.2) is 25.4 Å². The van der Waals surface area contributed by atoms with Gasteiger partial charge in [-0.05, 0) is 17.7 Å². The molecule has 0 saturated carbocycles. The SMILES string of the molecule is Cn1ccnc(NC(=O)NCc2ccccc2-n2cccn2)c1=O. The highest BCUT2D eigenvalue weighted by Gasteiger charge is 2.09. The van der Waals surface area contributed by atoms with E-state index in [0.29, 0.717) is 0 Å². The Kier molecular flexibility index (Phi) is 4.37. The van der Waals surface area contributed by atoms with E-state index in [-0.39, 0.29) is 17.9 Å². The summed E-state index contributed by atoms with van der Waals surface area (Å²) >= 11 is 0. The normalized spacial score (nSPS) is 10.4. The molecule has 0 aliphatic heterocycles. The number of nitrogens with zero attached hydrogens (tertiary/aromatic N) is 4. The molecule has 2 N–H and O–H groups in total. The van der Waals surface area contributed by atoms with Crippen molar-refractivity contribution in [2.75, 3.05) is 5.32 Å². The molecule has 0 aliphatic carbocycles. The number of aromatic nitrogens is 4. The Labute approximate surface area is 137 Å². The number of hydrogen-bond acceptors (Lipinski definition) is 4. The summed E-state index contributed by atoms with van der Waals surface area (Å²) < 4.78 is 3.07. The highest BCUT2D eigenvalue weighted by Crippen LogP contribution is 2.13. The van der Waals surface area contributed by atoms with Gasteiger partial charge < -0.3 is 9.88 Å². The van der Waals surface area contributed by atoms with Crippen LogP contribution in [-0.2, 0) is 13.6 Å². The van der Waals surface area contributed by atoms with E-state index in [4.69, 9.17) is 0 Å². The van der Waals surface area contributed by atoms with Gasteiger partial charge >= 0.3 is 6.03 Å². The first-order valence-corrected chi connectivity index (χ1v) is 7.29. The largest absolute Gasteiger partial charge is 0.334 e. The molecule has 24 heavy (non-hydrogen) atoms. The summed E-state index contributed by atoms with van der Waals surface area (Å²) in [6, 6.07) is 8.93. The van der Waals surface area contributed by atoms with Crippen molar-refractivity contribution in [2.24, 2.45) is 7.05 Å². The van der Waals surface area contributed by atoms with Crippen molar-refractivity contribution in [3.63, 3.8) is 0 Å². The predicted molar refractivity (Wildman–Crippen MR) is 88.9 cm³/mol. The number of carbonyl (C=O) groups is 1. The van der Waals surface area contributed by atoms with Crippen molar-refractivity contribution in [3.05, 3.63) is 71.0 Å². The van der Waals surface area contributed by atoms with Gasteiger partial charge in [-0.1, -0.05) is 18.2 Å². The zero-order valence-electron chi connectivity index (χ0n) is 13.0. The maximum atomic E-state index is 12.0. The third-order valence-electron chi connectivity index (χ3n) is 3.43. The highest BCUT2D eigenvalue weighted by molar-refractivity contribution is 5.87. The number of amides is 2. The molecule has 0 unspecified atom stereocenters. The molecular formula is C16H16N6O2. The summed E-state index contributed by atoms with van der Waals surface area (Å²) in [5, 5.41) is 9.37. The molecule has 0 bridgehead atoms. The second kappa shape index (κ2) is 6.78. The summed E-state index contributed by atoms with van der Waals surface area (Å²) in [7, 11) is 1.59. The predicted octanol–water partition coefficient (Wildman–Crippen LogP) is 1.29. The van der Waals surface area contributed by atoms with E-state index in [0.717, 1.165) is 11.3 Å². The van der Waals surface area contributed by atoms with Gasteiger partial charge in [0.2, 0.25) is 5.82 Å². The minimum absolute atomic E-state index is 0.0159. The molecule has 0 aliphatic rings. The van der Waals surface area contributed by atoms with Gasteiger partial charge in [-0.3, -0.25) is 10.1 Å². The molecular weight excluding hydrogens is 308 g/mol. The van der Waals surface area contributed by atoms with Crippen molar-refractivity contribution < 1.29 is 4.79 Å². The number of carbonyl (C=O) groups excluding carboxylic acids is 1. The van der Waals surface area contributed by atoms with E-state index in [1.54, 1.807) is 17.9 Å². The summed E-state index contributed by atoms with van der Waals surface area (Å²) in [4.78, 5) is 27.7. The van der Waals surface area contributed by atoms with Gasteiger partial charge in [0.05, 0.1) is 5.69 Å². The number of para-hydroxylation sites is 1. The molecule has 0 saturated heterocycles. The number of rotatable bonds is 4. The lowest BCUT2D eigenvalue weighted by atomic mass is 10.2. The minimum atomic E-state index is -0.499. The Morgan fingerprint density at radius 3 is 2.79 bits per heavy atom. The number of anilines is 1. The number of nitrogens with one attached hydrogen (secondary N) is 2. The van der Waals surface area contributed by atoms with E-state index in [1.807, 2.05) is 36.5 Å². The molecule has 8 nitrogen and oxygen atoms in total. The van der Waals surface area contributed by atoms with Crippen LogP contribution in [0.4, 0.5) is 10.6 Å². The van der Waals surface area contributed by atoms with Crippen molar-refractivity contribution in [1.82, 2.24) is 24.6 Å². The lowest BCUT2D eigenvalue weighted by Gasteiger charge is -2.11. The Balaban J connectivity index is 1.69. The molecule has 2 amide bonds. The van der Waals surface area contributed by atoms with E-state index in [9.17, 15) is 9.59 Å². The highest BCUT2D eigenvalue weighted by atomic mass is 16.2. The Bertz CT molecular complexity index is 901. The van der Waals surface area contributed by atoms with Crippen LogP contribution >= 0.6 is 0 Å². The second-order valence-corrected chi connectivity index (χ2v) is 5.08. The van der Waals surface area contributed by atoms with Gasteiger partial charge in [0.25, 0.3) is 5.56 Å².